The minimum Gasteiger partial charge on any atom is -0.355 e. The van der Waals surface area contributed by atoms with Gasteiger partial charge in [0.25, 0.3) is 0 Å². The minimum atomic E-state index is -4.91. The van der Waals surface area contributed by atoms with Gasteiger partial charge in [-0.2, -0.15) is 30.9 Å². The van der Waals surface area contributed by atoms with Gasteiger partial charge in [-0.1, -0.05) is 12.1 Å². The third-order valence-corrected chi connectivity index (χ3v) is 5.78. The van der Waals surface area contributed by atoms with E-state index in [9.17, 15) is 31.1 Å². The number of carbonyl (C=O) groups excluding carboxylic acids is 1. The fourth-order valence-corrected chi connectivity index (χ4v) is 3.96. The van der Waals surface area contributed by atoms with Crippen molar-refractivity contribution in [2.75, 3.05) is 13.1 Å². The summed E-state index contributed by atoms with van der Waals surface area (Å²) in [5.41, 5.74) is 3.96. The number of benzene rings is 2. The number of fused-ring (bicyclic) bond motifs is 1. The molecular formula is C27H28F6N3O+. The second kappa shape index (κ2) is 12.2. The van der Waals surface area contributed by atoms with E-state index in [1.807, 2.05) is 34.9 Å². The van der Waals surface area contributed by atoms with Crippen molar-refractivity contribution in [1.82, 2.24) is 5.32 Å². The summed E-state index contributed by atoms with van der Waals surface area (Å²) < 4.78 is 81.3. The molecule has 3 aromatic rings. The maximum atomic E-state index is 13.2. The minimum absolute atomic E-state index is 0.0637. The Morgan fingerprint density at radius 1 is 0.865 bits per heavy atom. The summed E-state index contributed by atoms with van der Waals surface area (Å²) >= 11 is 0. The molecule has 0 atom stereocenters. The average Bonchev–Trinajstić information content (AvgIpc) is 2.85. The standard InChI is InChI=1S/C27H27F6N3O/c28-26(29,30)21-16-19(17-22(18-21)27(31,32)33)9-11-23-12-10-20-6-3-4-7-24(20)36(23)15-5-1-2-8-25(37)35-14-13-34/h3-4,6-7,9-12,16-18H,1-2,5,8,13-15,34H2/p+1/b11-9+. The van der Waals surface area contributed by atoms with Crippen molar-refractivity contribution in [2.24, 2.45) is 5.73 Å². The number of halogens is 6. The zero-order valence-electron chi connectivity index (χ0n) is 20.0. The van der Waals surface area contributed by atoms with Crippen molar-refractivity contribution in [3.63, 3.8) is 0 Å². The number of unbranched alkanes of at least 4 members (excludes halogenated alkanes) is 2. The van der Waals surface area contributed by atoms with Crippen molar-refractivity contribution in [2.45, 2.75) is 44.6 Å². The number of aromatic nitrogens is 1. The maximum absolute atomic E-state index is 13.2. The van der Waals surface area contributed by atoms with Gasteiger partial charge in [0.15, 0.2) is 0 Å². The Bertz CT molecular complexity index is 1220. The molecule has 1 amide bonds. The first-order valence-corrected chi connectivity index (χ1v) is 11.8. The summed E-state index contributed by atoms with van der Waals surface area (Å²) in [5.74, 6) is -0.0637. The Morgan fingerprint density at radius 3 is 2.19 bits per heavy atom. The van der Waals surface area contributed by atoms with E-state index in [1.165, 1.54) is 12.2 Å². The zero-order valence-corrected chi connectivity index (χ0v) is 20.0. The van der Waals surface area contributed by atoms with Gasteiger partial charge in [-0.25, -0.2) is 0 Å². The quantitative estimate of drug-likeness (QED) is 0.195. The molecule has 3 N–H and O–H groups in total. The number of rotatable bonds is 10. The average molecular weight is 525 g/mol. The van der Waals surface area contributed by atoms with Crippen LogP contribution in [-0.4, -0.2) is 19.0 Å². The Balaban J connectivity index is 1.85. The van der Waals surface area contributed by atoms with Gasteiger partial charge in [0, 0.05) is 49.5 Å². The van der Waals surface area contributed by atoms with Crippen LogP contribution < -0.4 is 15.6 Å². The number of amides is 1. The number of para-hydroxylation sites is 1. The van der Waals surface area contributed by atoms with Crippen molar-refractivity contribution in [1.29, 1.82) is 0 Å². The third kappa shape index (κ3) is 8.04. The molecule has 0 aliphatic carbocycles. The molecule has 0 aliphatic rings. The number of alkyl halides is 6. The van der Waals surface area contributed by atoms with E-state index in [2.05, 4.69) is 5.32 Å². The highest BCUT2D eigenvalue weighted by Crippen LogP contribution is 2.36. The van der Waals surface area contributed by atoms with E-state index in [-0.39, 0.29) is 17.5 Å². The molecule has 0 fully saturated rings. The molecule has 1 heterocycles. The van der Waals surface area contributed by atoms with Crippen LogP contribution in [0.4, 0.5) is 26.3 Å². The van der Waals surface area contributed by atoms with E-state index >= 15 is 0 Å². The summed E-state index contributed by atoms with van der Waals surface area (Å²) in [7, 11) is 0. The molecule has 198 valence electrons. The fraction of sp³-hybridized carbons (Fsp3) is 0.333. The second-order valence-corrected chi connectivity index (χ2v) is 8.59. The van der Waals surface area contributed by atoms with Crippen LogP contribution in [0.2, 0.25) is 0 Å². The number of aryl methyl sites for hydroxylation is 1. The molecule has 0 radical (unpaired) electrons. The van der Waals surface area contributed by atoms with E-state index in [1.54, 1.807) is 6.07 Å². The molecule has 4 nitrogen and oxygen atoms in total. The molecule has 0 saturated carbocycles. The second-order valence-electron chi connectivity index (χ2n) is 8.59. The Hall–Kier alpha value is -3.40. The predicted molar refractivity (Wildman–Crippen MR) is 130 cm³/mol. The largest absolute Gasteiger partial charge is 0.416 e. The fourth-order valence-electron chi connectivity index (χ4n) is 3.96. The van der Waals surface area contributed by atoms with Crippen molar-refractivity contribution in [3.05, 3.63) is 77.0 Å². The molecule has 37 heavy (non-hydrogen) atoms. The molecule has 0 aliphatic heterocycles. The lowest BCUT2D eigenvalue weighted by Crippen LogP contribution is -2.38. The van der Waals surface area contributed by atoms with Gasteiger partial charge in [0.05, 0.1) is 11.1 Å². The first-order valence-electron chi connectivity index (χ1n) is 11.8. The Morgan fingerprint density at radius 2 is 1.54 bits per heavy atom. The lowest BCUT2D eigenvalue weighted by Gasteiger charge is -2.13. The topological polar surface area (TPSA) is 59.0 Å². The molecule has 10 heteroatoms. The smallest absolute Gasteiger partial charge is 0.355 e. The molecule has 0 saturated heterocycles. The normalized spacial score (nSPS) is 12.4. The first-order chi connectivity index (χ1) is 17.5. The summed E-state index contributed by atoms with van der Waals surface area (Å²) in [5, 5.41) is 3.66. The van der Waals surface area contributed by atoms with Crippen LogP contribution >= 0.6 is 0 Å². The van der Waals surface area contributed by atoms with Crippen LogP contribution in [0.25, 0.3) is 23.1 Å². The summed E-state index contributed by atoms with van der Waals surface area (Å²) in [6.07, 6.45) is -4.50. The van der Waals surface area contributed by atoms with Crippen LogP contribution in [-0.2, 0) is 23.7 Å². The lowest BCUT2D eigenvalue weighted by atomic mass is 10.0. The van der Waals surface area contributed by atoms with E-state index in [0.29, 0.717) is 50.3 Å². The van der Waals surface area contributed by atoms with Crippen LogP contribution in [0.15, 0.2) is 54.6 Å². The molecule has 0 spiro atoms. The van der Waals surface area contributed by atoms with Gasteiger partial charge in [0.1, 0.15) is 6.54 Å². The van der Waals surface area contributed by atoms with Gasteiger partial charge >= 0.3 is 12.4 Å². The van der Waals surface area contributed by atoms with Gasteiger partial charge < -0.3 is 11.1 Å². The van der Waals surface area contributed by atoms with Crippen LogP contribution in [0.1, 0.15) is 48.1 Å². The summed E-state index contributed by atoms with van der Waals surface area (Å²) in [4.78, 5) is 11.7. The first kappa shape index (κ1) is 28.2. The highest BCUT2D eigenvalue weighted by molar-refractivity contribution is 5.77. The van der Waals surface area contributed by atoms with Gasteiger partial charge in [0.2, 0.25) is 17.1 Å². The van der Waals surface area contributed by atoms with Crippen LogP contribution in [0, 0.1) is 0 Å². The van der Waals surface area contributed by atoms with Crippen LogP contribution in [0.5, 0.6) is 0 Å². The van der Waals surface area contributed by atoms with E-state index in [0.717, 1.165) is 23.7 Å². The number of nitrogens with two attached hydrogens (primary N) is 1. The summed E-state index contributed by atoms with van der Waals surface area (Å²) in [6.45, 7) is 1.36. The molecule has 1 aromatic heterocycles. The highest BCUT2D eigenvalue weighted by atomic mass is 19.4. The SMILES string of the molecule is NCCNC(=O)CCCCC[n+]1c(/C=C/c2cc(C(F)(F)F)cc(C(F)(F)F)c2)ccc2ccccc21. The highest BCUT2D eigenvalue weighted by Gasteiger charge is 2.36. The molecule has 0 bridgehead atoms. The molecule has 2 aromatic carbocycles. The zero-order chi connectivity index (χ0) is 27.1. The monoisotopic (exact) mass is 524 g/mol. The lowest BCUT2D eigenvalue weighted by molar-refractivity contribution is -0.673. The van der Waals surface area contributed by atoms with Crippen LogP contribution in [0.3, 0.4) is 0 Å². The summed E-state index contributed by atoms with van der Waals surface area (Å²) in [6, 6.07) is 12.7. The number of nitrogens with one attached hydrogen (secondary N) is 1. The van der Waals surface area contributed by atoms with Gasteiger partial charge in [-0.3, -0.25) is 4.79 Å². The van der Waals surface area contributed by atoms with Gasteiger partial charge in [-0.05, 0) is 54.8 Å². The van der Waals surface area contributed by atoms with E-state index < -0.39 is 23.5 Å². The number of hydrogen-bond acceptors (Lipinski definition) is 2. The maximum Gasteiger partial charge on any atom is 0.416 e. The Labute approximate surface area is 210 Å². The number of carbonyl (C=O) groups is 1. The van der Waals surface area contributed by atoms with Crippen molar-refractivity contribution >= 4 is 29.0 Å². The predicted octanol–water partition coefficient (Wildman–Crippen LogP) is 5.97. The molecular weight excluding hydrogens is 496 g/mol. The number of nitrogens with zero attached hydrogens (tertiary/aromatic N) is 1. The van der Waals surface area contributed by atoms with Gasteiger partial charge in [-0.15, -0.1) is 0 Å². The number of pyridine rings is 1. The van der Waals surface area contributed by atoms with Crippen molar-refractivity contribution in [3.8, 4) is 0 Å². The third-order valence-electron chi connectivity index (χ3n) is 5.78. The van der Waals surface area contributed by atoms with E-state index in [4.69, 9.17) is 5.73 Å². The number of hydrogen-bond donors (Lipinski definition) is 2. The van der Waals surface area contributed by atoms with Crippen molar-refractivity contribution < 1.29 is 35.7 Å². The molecule has 3 rings (SSSR count). The Kier molecular flexibility index (Phi) is 9.31. The molecule has 0 unspecified atom stereocenters.